The average Bonchev–Trinajstić information content (AvgIpc) is 2.94. The van der Waals surface area contributed by atoms with Crippen LogP contribution in [0, 0.1) is 28.6 Å². The number of carboxylic acids is 1. The van der Waals surface area contributed by atoms with Crippen LogP contribution in [0.4, 0.5) is 0 Å². The number of aliphatic hydroxyl groups is 1. The van der Waals surface area contributed by atoms with Crippen LogP contribution in [-0.2, 0) is 19.1 Å². The summed E-state index contributed by atoms with van der Waals surface area (Å²) in [5.74, 6) is -2.91. The average molecular weight is 485 g/mol. The van der Waals surface area contributed by atoms with Crippen LogP contribution in [0.25, 0.3) is 0 Å². The molecule has 32 heavy (non-hydrogen) atoms. The summed E-state index contributed by atoms with van der Waals surface area (Å²) in [7, 11) is 0. The van der Waals surface area contributed by atoms with E-state index in [4.69, 9.17) is 27.9 Å². The van der Waals surface area contributed by atoms with E-state index < -0.39 is 45.3 Å². The molecule has 0 aliphatic heterocycles. The number of fused-ring (bicyclic) bond motifs is 5. The van der Waals surface area contributed by atoms with Gasteiger partial charge in [0.25, 0.3) is 0 Å². The Balaban J connectivity index is 1.86. The molecule has 0 saturated heterocycles. The molecule has 8 heteroatoms. The molecule has 0 aromatic carbocycles. The second-order valence-electron chi connectivity index (χ2n) is 10.4. The van der Waals surface area contributed by atoms with Crippen LogP contribution in [-0.4, -0.2) is 44.5 Å². The number of halogens is 2. The molecule has 0 aromatic rings. The van der Waals surface area contributed by atoms with Crippen LogP contribution in [0.3, 0.4) is 0 Å². The van der Waals surface area contributed by atoms with E-state index in [0.29, 0.717) is 19.3 Å². The van der Waals surface area contributed by atoms with E-state index in [1.165, 1.54) is 6.08 Å². The minimum Gasteiger partial charge on any atom is -0.478 e. The lowest BCUT2D eigenvalue weighted by atomic mass is 9.45. The lowest BCUT2D eigenvalue weighted by Crippen LogP contribution is -2.69. The Morgan fingerprint density at radius 1 is 1.28 bits per heavy atom. The summed E-state index contributed by atoms with van der Waals surface area (Å²) in [6.45, 7) is 7.15. The molecular formula is C24H30Cl2O6. The van der Waals surface area contributed by atoms with Crippen molar-refractivity contribution in [3.63, 3.8) is 0 Å². The lowest BCUT2D eigenvalue weighted by Gasteiger charge is -2.63. The summed E-state index contributed by atoms with van der Waals surface area (Å²) in [5.41, 5.74) is -2.85. The first-order valence-corrected chi connectivity index (χ1v) is 12.0. The molecule has 4 rings (SSSR count). The van der Waals surface area contributed by atoms with Crippen molar-refractivity contribution in [3.05, 3.63) is 22.8 Å². The summed E-state index contributed by atoms with van der Waals surface area (Å²) >= 11 is 13.8. The predicted octanol–water partition coefficient (Wildman–Crippen LogP) is 4.22. The fraction of sp³-hybridized carbons (Fsp3) is 0.708. The number of carboxylic acid groups (broad SMARTS) is 1. The minimum atomic E-state index is -1.74. The van der Waals surface area contributed by atoms with Crippen molar-refractivity contribution in [2.45, 2.75) is 76.4 Å². The number of alkyl halides is 1. The van der Waals surface area contributed by atoms with Crippen molar-refractivity contribution in [3.8, 4) is 0 Å². The molecule has 0 spiro atoms. The van der Waals surface area contributed by atoms with Gasteiger partial charge in [0.05, 0.1) is 16.0 Å². The van der Waals surface area contributed by atoms with E-state index in [9.17, 15) is 24.6 Å². The van der Waals surface area contributed by atoms with Gasteiger partial charge in [0, 0.05) is 23.2 Å². The number of hydrogen-bond acceptors (Lipinski definition) is 5. The van der Waals surface area contributed by atoms with Crippen molar-refractivity contribution < 1.29 is 29.3 Å². The van der Waals surface area contributed by atoms with Gasteiger partial charge in [0.1, 0.15) is 0 Å². The van der Waals surface area contributed by atoms with E-state index in [0.717, 1.165) is 5.57 Å². The van der Waals surface area contributed by atoms with Gasteiger partial charge in [-0.15, -0.1) is 11.6 Å². The number of ketones is 1. The Bertz CT molecular complexity index is 958. The van der Waals surface area contributed by atoms with Gasteiger partial charge in [0.15, 0.2) is 5.78 Å². The third kappa shape index (κ3) is 2.60. The lowest BCUT2D eigenvalue weighted by molar-refractivity contribution is -0.212. The van der Waals surface area contributed by atoms with Crippen LogP contribution < -0.4 is 0 Å². The van der Waals surface area contributed by atoms with Crippen LogP contribution in [0.2, 0.25) is 0 Å². The topological polar surface area (TPSA) is 101 Å². The quantitative estimate of drug-likeness (QED) is 0.459. The Labute approximate surface area is 198 Å². The monoisotopic (exact) mass is 484 g/mol. The summed E-state index contributed by atoms with van der Waals surface area (Å²) in [5, 5.41) is 22.1. The zero-order valence-electron chi connectivity index (χ0n) is 18.8. The van der Waals surface area contributed by atoms with Crippen molar-refractivity contribution in [2.75, 3.05) is 0 Å². The van der Waals surface area contributed by atoms with Gasteiger partial charge in [-0.05, 0) is 49.2 Å². The Hall–Kier alpha value is -1.37. The van der Waals surface area contributed by atoms with E-state index in [1.54, 1.807) is 19.9 Å². The molecule has 0 bridgehead atoms. The fourth-order valence-corrected chi connectivity index (χ4v) is 8.45. The third-order valence-electron chi connectivity index (χ3n) is 9.15. The number of ether oxygens (including phenoxy) is 1. The van der Waals surface area contributed by atoms with Gasteiger partial charge in [-0.2, -0.15) is 0 Å². The Morgan fingerprint density at radius 3 is 2.53 bits per heavy atom. The number of rotatable bonds is 3. The smallest absolute Gasteiger partial charge is 0.349 e. The van der Waals surface area contributed by atoms with E-state index in [2.05, 4.69) is 0 Å². The van der Waals surface area contributed by atoms with E-state index in [-0.39, 0.29) is 35.5 Å². The Morgan fingerprint density at radius 2 is 1.94 bits per heavy atom. The molecule has 4 aliphatic carbocycles. The number of hydrogen-bond donors (Lipinski definition) is 2. The maximum Gasteiger partial charge on any atom is 0.349 e. The summed E-state index contributed by atoms with van der Waals surface area (Å²) < 4.78 is 5.74. The van der Waals surface area contributed by atoms with Crippen molar-refractivity contribution in [1.82, 2.24) is 0 Å². The molecule has 0 heterocycles. The molecule has 0 amide bonds. The fourth-order valence-electron chi connectivity index (χ4n) is 7.58. The summed E-state index contributed by atoms with van der Waals surface area (Å²) in [4.78, 5) is 36.1. The summed E-state index contributed by atoms with van der Waals surface area (Å²) in [6, 6.07) is 0. The number of aliphatic hydroxyl groups excluding tert-OH is 1. The highest BCUT2D eigenvalue weighted by atomic mass is 35.5. The maximum atomic E-state index is 12.7. The van der Waals surface area contributed by atoms with Gasteiger partial charge < -0.3 is 14.9 Å². The molecule has 3 fully saturated rings. The molecule has 2 N–H and O–H groups in total. The van der Waals surface area contributed by atoms with Crippen molar-refractivity contribution in [2.24, 2.45) is 28.6 Å². The number of aliphatic carboxylic acids is 1. The van der Waals surface area contributed by atoms with Gasteiger partial charge in [-0.1, -0.05) is 45.4 Å². The minimum absolute atomic E-state index is 0.0631. The predicted molar refractivity (Wildman–Crippen MR) is 119 cm³/mol. The number of carbonyl (C=O) groups is 3. The first-order chi connectivity index (χ1) is 14.8. The van der Waals surface area contributed by atoms with Gasteiger partial charge in [-0.25, -0.2) is 4.79 Å². The molecular weight excluding hydrogens is 455 g/mol. The number of allylic oxidation sites excluding steroid dienone is 4. The van der Waals surface area contributed by atoms with Crippen LogP contribution in [0.5, 0.6) is 0 Å². The van der Waals surface area contributed by atoms with Crippen LogP contribution >= 0.6 is 23.2 Å². The second-order valence-corrected chi connectivity index (χ2v) is 11.4. The normalized spacial score (nSPS) is 47.5. The molecule has 0 unspecified atom stereocenters. The standard InChI is InChI=1S/C24H30Cl2O6/c1-5-18(29)32-24(20(30)31)12(2)10-15-13-6-7-14-19(25)16(27)8-9-21(14,3)23(13,26)17(28)11-22(15,24)4/h8-9,12-13,15,17,28H,5-7,10-11H2,1-4H3,(H,30,31)/t12-,13+,15+,17+,21+,22+,23+,24+/m1/s1. The van der Waals surface area contributed by atoms with E-state index >= 15 is 0 Å². The number of esters is 1. The third-order valence-corrected chi connectivity index (χ3v) is 10.5. The summed E-state index contributed by atoms with van der Waals surface area (Å²) in [6.07, 6.45) is 3.81. The molecule has 176 valence electrons. The second kappa shape index (κ2) is 7.31. The molecule has 8 atom stereocenters. The van der Waals surface area contributed by atoms with Crippen LogP contribution in [0.15, 0.2) is 22.8 Å². The van der Waals surface area contributed by atoms with Gasteiger partial charge in [-0.3, -0.25) is 9.59 Å². The number of carbonyl (C=O) groups excluding carboxylic acids is 2. The highest BCUT2D eigenvalue weighted by Crippen LogP contribution is 2.72. The molecule has 6 nitrogen and oxygen atoms in total. The molecule has 3 saturated carbocycles. The van der Waals surface area contributed by atoms with E-state index in [1.807, 2.05) is 13.8 Å². The Kier molecular flexibility index (Phi) is 5.43. The SMILES string of the molecule is CCC(=O)O[C@]1(C(=O)O)[C@H](C)C[C@H]2[C@@H]3CCC4=C(Cl)C(=O)C=C[C@]4(C)[C@@]3(Cl)[C@@H](O)C[C@@]21C. The van der Waals surface area contributed by atoms with Gasteiger partial charge in [0.2, 0.25) is 5.60 Å². The van der Waals surface area contributed by atoms with Crippen molar-refractivity contribution >= 4 is 40.9 Å². The zero-order chi connectivity index (χ0) is 23.9. The molecule has 4 aliphatic rings. The van der Waals surface area contributed by atoms with Crippen LogP contribution in [0.1, 0.15) is 59.8 Å². The largest absolute Gasteiger partial charge is 0.478 e. The molecule has 0 radical (unpaired) electrons. The highest BCUT2D eigenvalue weighted by Gasteiger charge is 2.77. The maximum absolute atomic E-state index is 12.7. The highest BCUT2D eigenvalue weighted by molar-refractivity contribution is 6.45. The first kappa shape index (κ1) is 23.8. The first-order valence-electron chi connectivity index (χ1n) is 11.3. The molecule has 0 aromatic heterocycles. The zero-order valence-corrected chi connectivity index (χ0v) is 20.3. The van der Waals surface area contributed by atoms with Crippen molar-refractivity contribution in [1.29, 1.82) is 0 Å². The van der Waals surface area contributed by atoms with Gasteiger partial charge >= 0.3 is 11.9 Å².